The van der Waals surface area contributed by atoms with E-state index in [1.165, 1.54) is 23.0 Å². The summed E-state index contributed by atoms with van der Waals surface area (Å²) in [5.41, 5.74) is 4.87. The van der Waals surface area contributed by atoms with Gasteiger partial charge in [-0.25, -0.2) is 9.37 Å². The summed E-state index contributed by atoms with van der Waals surface area (Å²) in [5.74, 6) is -3.37. The van der Waals surface area contributed by atoms with Crippen LogP contribution in [-0.2, 0) is 4.79 Å². The predicted octanol–water partition coefficient (Wildman–Crippen LogP) is 3.44. The number of alkyl halides is 3. The third-order valence-electron chi connectivity index (χ3n) is 5.34. The van der Waals surface area contributed by atoms with Gasteiger partial charge in [-0.05, 0) is 43.9 Å². The van der Waals surface area contributed by atoms with Crippen molar-refractivity contribution in [1.82, 2.24) is 14.9 Å². The zero-order valence-corrected chi connectivity index (χ0v) is 17.8. The van der Waals surface area contributed by atoms with Crippen LogP contribution in [-0.4, -0.2) is 40.0 Å². The van der Waals surface area contributed by atoms with Crippen LogP contribution in [0.25, 0.3) is 0 Å². The standard InChI is InChI=1S/C20H20ClF4N5O3/c21-13-7-11(22)3-6-14(13)29-18(32)10-1-4-12(5-2-10)30-9-28-15(16(30)17(26)31)19(33)27-8-20(23,24)25/h3,6-7,9-10,12H,1-2,4-5,8H2,(H2,26,31)(H,27,33)(H,29,32). The normalized spacial score (nSPS) is 18.6. The minimum Gasteiger partial charge on any atom is -0.364 e. The van der Waals surface area contributed by atoms with Gasteiger partial charge < -0.3 is 20.9 Å². The number of anilines is 1. The van der Waals surface area contributed by atoms with E-state index in [4.69, 9.17) is 17.3 Å². The second-order valence-electron chi connectivity index (χ2n) is 7.63. The Morgan fingerprint density at radius 1 is 1.18 bits per heavy atom. The van der Waals surface area contributed by atoms with Gasteiger partial charge in [0.15, 0.2) is 5.69 Å². The van der Waals surface area contributed by atoms with Crippen molar-refractivity contribution >= 4 is 35.0 Å². The van der Waals surface area contributed by atoms with E-state index in [0.717, 1.165) is 6.07 Å². The first kappa shape index (κ1) is 24.5. The van der Waals surface area contributed by atoms with E-state index in [0.29, 0.717) is 25.7 Å². The van der Waals surface area contributed by atoms with Gasteiger partial charge in [-0.2, -0.15) is 13.2 Å². The topological polar surface area (TPSA) is 119 Å². The molecule has 4 N–H and O–H groups in total. The second kappa shape index (κ2) is 9.77. The number of primary amides is 1. The Morgan fingerprint density at radius 3 is 2.42 bits per heavy atom. The van der Waals surface area contributed by atoms with Crippen LogP contribution in [0.1, 0.15) is 52.7 Å². The second-order valence-corrected chi connectivity index (χ2v) is 8.04. The van der Waals surface area contributed by atoms with E-state index < -0.39 is 36.0 Å². The highest BCUT2D eigenvalue weighted by Gasteiger charge is 2.33. The summed E-state index contributed by atoms with van der Waals surface area (Å²) in [6.45, 7) is -1.57. The maximum atomic E-state index is 13.2. The lowest BCUT2D eigenvalue weighted by atomic mass is 9.85. The molecule has 1 saturated carbocycles. The number of hydrogen-bond acceptors (Lipinski definition) is 4. The Bertz CT molecular complexity index is 1060. The quantitative estimate of drug-likeness (QED) is 0.538. The molecule has 1 aromatic heterocycles. The highest BCUT2D eigenvalue weighted by atomic mass is 35.5. The van der Waals surface area contributed by atoms with E-state index in [2.05, 4.69) is 10.3 Å². The summed E-state index contributed by atoms with van der Waals surface area (Å²) in [6.07, 6.45) is -1.75. The highest BCUT2D eigenvalue weighted by Crippen LogP contribution is 2.34. The van der Waals surface area contributed by atoms with Gasteiger partial charge in [0.05, 0.1) is 17.0 Å². The number of aromatic nitrogens is 2. The summed E-state index contributed by atoms with van der Waals surface area (Å²) in [5, 5.41) is 4.40. The largest absolute Gasteiger partial charge is 0.405 e. The predicted molar refractivity (Wildman–Crippen MR) is 110 cm³/mol. The lowest BCUT2D eigenvalue weighted by Crippen LogP contribution is -2.35. The van der Waals surface area contributed by atoms with Gasteiger partial charge >= 0.3 is 6.18 Å². The molecule has 3 rings (SSSR count). The molecule has 1 aromatic carbocycles. The third kappa shape index (κ3) is 6.01. The number of amides is 3. The molecular formula is C20H20ClF4N5O3. The zero-order valence-electron chi connectivity index (χ0n) is 17.1. The lowest BCUT2D eigenvalue weighted by Gasteiger charge is -2.29. The average Bonchev–Trinajstić information content (AvgIpc) is 3.19. The van der Waals surface area contributed by atoms with Gasteiger partial charge in [-0.1, -0.05) is 11.6 Å². The van der Waals surface area contributed by atoms with Gasteiger partial charge in [0, 0.05) is 12.0 Å². The minimum atomic E-state index is -4.62. The number of carbonyl (C=O) groups excluding carboxylic acids is 3. The van der Waals surface area contributed by atoms with Crippen molar-refractivity contribution in [3.8, 4) is 0 Å². The van der Waals surface area contributed by atoms with E-state index in [9.17, 15) is 31.9 Å². The summed E-state index contributed by atoms with van der Waals surface area (Å²) in [7, 11) is 0. The number of rotatable bonds is 6. The Balaban J connectivity index is 1.66. The Kier molecular flexibility index (Phi) is 7.25. The molecule has 0 unspecified atom stereocenters. The smallest absolute Gasteiger partial charge is 0.364 e. The molecule has 1 aliphatic carbocycles. The van der Waals surface area contributed by atoms with Gasteiger partial charge in [0.1, 0.15) is 18.1 Å². The maximum absolute atomic E-state index is 13.2. The SMILES string of the molecule is NC(=O)c1c(C(=O)NCC(F)(F)F)ncn1C1CCC(C(=O)Nc2ccc(F)cc2Cl)CC1. The van der Waals surface area contributed by atoms with Gasteiger partial charge in [0.2, 0.25) is 5.91 Å². The molecule has 0 spiro atoms. The van der Waals surface area contributed by atoms with Crippen LogP contribution < -0.4 is 16.4 Å². The van der Waals surface area contributed by atoms with Crippen molar-refractivity contribution in [1.29, 1.82) is 0 Å². The Hall–Kier alpha value is -3.15. The maximum Gasteiger partial charge on any atom is 0.405 e. The lowest BCUT2D eigenvalue weighted by molar-refractivity contribution is -0.123. The Labute approximate surface area is 190 Å². The molecule has 8 nitrogen and oxygen atoms in total. The number of benzene rings is 1. The molecular weight excluding hydrogens is 470 g/mol. The summed E-state index contributed by atoms with van der Waals surface area (Å²) in [4.78, 5) is 40.4. The summed E-state index contributed by atoms with van der Waals surface area (Å²) >= 11 is 5.93. The molecule has 33 heavy (non-hydrogen) atoms. The van der Waals surface area contributed by atoms with E-state index in [1.807, 2.05) is 0 Å². The molecule has 0 bridgehead atoms. The molecule has 1 aliphatic rings. The fourth-order valence-electron chi connectivity index (χ4n) is 3.75. The number of halogens is 5. The third-order valence-corrected chi connectivity index (χ3v) is 5.65. The van der Waals surface area contributed by atoms with Crippen molar-refractivity contribution in [2.24, 2.45) is 11.7 Å². The zero-order chi connectivity index (χ0) is 24.3. The van der Waals surface area contributed by atoms with Crippen LogP contribution in [0.5, 0.6) is 0 Å². The molecule has 0 saturated heterocycles. The highest BCUT2D eigenvalue weighted by molar-refractivity contribution is 6.33. The average molecular weight is 490 g/mol. The number of hydrogen-bond donors (Lipinski definition) is 3. The summed E-state index contributed by atoms with van der Waals surface area (Å²) in [6, 6.07) is 3.28. The van der Waals surface area contributed by atoms with Crippen LogP contribution in [0.15, 0.2) is 24.5 Å². The van der Waals surface area contributed by atoms with E-state index in [1.54, 1.807) is 5.32 Å². The van der Waals surface area contributed by atoms with Crippen LogP contribution in [0, 0.1) is 11.7 Å². The molecule has 2 aromatic rings. The molecule has 0 atom stereocenters. The number of nitrogens with two attached hydrogens (primary N) is 1. The van der Waals surface area contributed by atoms with Crippen LogP contribution in [0.2, 0.25) is 5.02 Å². The Morgan fingerprint density at radius 2 is 1.85 bits per heavy atom. The van der Waals surface area contributed by atoms with Crippen molar-refractivity contribution in [2.75, 3.05) is 11.9 Å². The van der Waals surface area contributed by atoms with Crippen LogP contribution in [0.4, 0.5) is 23.2 Å². The molecule has 0 aliphatic heterocycles. The van der Waals surface area contributed by atoms with Crippen molar-refractivity contribution in [3.05, 3.63) is 46.8 Å². The van der Waals surface area contributed by atoms with E-state index >= 15 is 0 Å². The fourth-order valence-corrected chi connectivity index (χ4v) is 3.97. The molecule has 178 valence electrons. The van der Waals surface area contributed by atoms with Gasteiger partial charge in [-0.3, -0.25) is 14.4 Å². The monoisotopic (exact) mass is 489 g/mol. The molecule has 1 fully saturated rings. The van der Waals surface area contributed by atoms with Gasteiger partial charge in [-0.15, -0.1) is 0 Å². The molecule has 3 amide bonds. The van der Waals surface area contributed by atoms with Crippen LogP contribution >= 0.6 is 11.6 Å². The summed E-state index contributed by atoms with van der Waals surface area (Å²) < 4.78 is 51.7. The van der Waals surface area contributed by atoms with Crippen molar-refractivity contribution < 1.29 is 31.9 Å². The molecule has 1 heterocycles. The first-order chi connectivity index (χ1) is 15.5. The van der Waals surface area contributed by atoms with Gasteiger partial charge in [0.25, 0.3) is 11.8 Å². The minimum absolute atomic E-state index is 0.0675. The van der Waals surface area contributed by atoms with Crippen molar-refractivity contribution in [2.45, 2.75) is 37.9 Å². The molecule has 0 radical (unpaired) electrons. The van der Waals surface area contributed by atoms with E-state index in [-0.39, 0.29) is 34.3 Å². The number of nitrogens with zero attached hydrogens (tertiary/aromatic N) is 2. The molecule has 13 heteroatoms. The number of carbonyl (C=O) groups is 3. The first-order valence-corrected chi connectivity index (χ1v) is 10.3. The number of imidazole rings is 1. The fraction of sp³-hybridized carbons (Fsp3) is 0.400. The number of nitrogens with one attached hydrogen (secondary N) is 2. The van der Waals surface area contributed by atoms with Crippen molar-refractivity contribution in [3.63, 3.8) is 0 Å². The first-order valence-electron chi connectivity index (χ1n) is 9.93. The van der Waals surface area contributed by atoms with Crippen LogP contribution in [0.3, 0.4) is 0 Å².